The lowest BCUT2D eigenvalue weighted by Crippen LogP contribution is -2.41. The smallest absolute Gasteiger partial charge is 0.0103 e. The molecule has 2 atom stereocenters. The molecule has 2 aliphatic rings. The van der Waals surface area contributed by atoms with E-state index in [1.165, 1.54) is 38.8 Å². The molecule has 1 aliphatic heterocycles. The highest BCUT2D eigenvalue weighted by Crippen LogP contribution is 2.52. The largest absolute Gasteiger partial charge is 0.327 e. The van der Waals surface area contributed by atoms with E-state index in [1.807, 2.05) is 0 Å². The maximum Gasteiger partial charge on any atom is 0.0103 e. The molecule has 2 nitrogen and oxygen atoms in total. The minimum Gasteiger partial charge on any atom is -0.327 e. The number of likely N-dealkylation sites (tertiary alicyclic amines) is 1. The van der Waals surface area contributed by atoms with Gasteiger partial charge in [0, 0.05) is 12.1 Å². The summed E-state index contributed by atoms with van der Waals surface area (Å²) in [4.78, 5) is 2.62. The molecule has 0 aromatic heterocycles. The second-order valence-corrected chi connectivity index (χ2v) is 4.97. The number of nitrogens with zero attached hydrogens (tertiary/aromatic N) is 1. The van der Waals surface area contributed by atoms with Crippen LogP contribution in [0.4, 0.5) is 0 Å². The zero-order valence-corrected chi connectivity index (χ0v) is 8.92. The van der Waals surface area contributed by atoms with Gasteiger partial charge < -0.3 is 10.6 Å². The third-order valence-electron chi connectivity index (χ3n) is 4.26. The Balaban J connectivity index is 1.83. The van der Waals surface area contributed by atoms with Crippen LogP contribution in [0, 0.1) is 5.41 Å². The molecule has 2 heteroatoms. The Labute approximate surface area is 81.5 Å². The van der Waals surface area contributed by atoms with Gasteiger partial charge in [0.1, 0.15) is 0 Å². The van der Waals surface area contributed by atoms with E-state index in [9.17, 15) is 0 Å². The predicted molar refractivity (Wildman–Crippen MR) is 55.6 cm³/mol. The molecule has 1 heterocycles. The highest BCUT2D eigenvalue weighted by Gasteiger charge is 2.52. The van der Waals surface area contributed by atoms with Crippen LogP contribution in [0.3, 0.4) is 0 Å². The zero-order chi connectivity index (χ0) is 9.47. The van der Waals surface area contributed by atoms with Gasteiger partial charge >= 0.3 is 0 Å². The zero-order valence-electron chi connectivity index (χ0n) is 8.92. The van der Waals surface area contributed by atoms with Gasteiger partial charge in [0.25, 0.3) is 0 Å². The fraction of sp³-hybridized carbons (Fsp3) is 1.00. The third kappa shape index (κ3) is 1.62. The number of rotatable bonds is 2. The highest BCUT2D eigenvalue weighted by molar-refractivity contribution is 5.08. The predicted octanol–water partition coefficient (Wildman–Crippen LogP) is 1.60. The van der Waals surface area contributed by atoms with E-state index < -0.39 is 0 Å². The summed E-state index contributed by atoms with van der Waals surface area (Å²) in [5.41, 5.74) is 6.55. The van der Waals surface area contributed by atoms with Gasteiger partial charge in [0.2, 0.25) is 0 Å². The first kappa shape index (κ1) is 9.47. The van der Waals surface area contributed by atoms with Crippen molar-refractivity contribution in [3.8, 4) is 0 Å². The second kappa shape index (κ2) is 3.25. The Morgan fingerprint density at radius 1 is 1.46 bits per heavy atom. The van der Waals surface area contributed by atoms with E-state index in [4.69, 9.17) is 5.73 Å². The van der Waals surface area contributed by atoms with Crippen molar-refractivity contribution >= 4 is 0 Å². The molecule has 1 saturated carbocycles. The maximum atomic E-state index is 5.97. The lowest BCUT2D eigenvalue weighted by molar-refractivity contribution is 0.126. The standard InChI is InChI=1S/C11H22N2/c1-3-9(2)13-6-4-11(5-7-13)8-10(11)12/h9-10H,3-8,12H2,1-2H3/t9?,10-/m1/s1. The summed E-state index contributed by atoms with van der Waals surface area (Å²) in [6.45, 7) is 7.17. The van der Waals surface area contributed by atoms with Crippen LogP contribution in [-0.2, 0) is 0 Å². The van der Waals surface area contributed by atoms with Crippen LogP contribution in [0.15, 0.2) is 0 Å². The van der Waals surface area contributed by atoms with Gasteiger partial charge in [-0.05, 0) is 51.1 Å². The molecule has 0 bridgehead atoms. The molecule has 13 heavy (non-hydrogen) atoms. The molecule has 0 radical (unpaired) electrons. The molecule has 0 aromatic carbocycles. The van der Waals surface area contributed by atoms with E-state index in [0.717, 1.165) is 6.04 Å². The van der Waals surface area contributed by atoms with Gasteiger partial charge in [-0.2, -0.15) is 0 Å². The first-order valence-electron chi connectivity index (χ1n) is 5.67. The fourth-order valence-corrected chi connectivity index (χ4v) is 2.62. The van der Waals surface area contributed by atoms with Crippen LogP contribution >= 0.6 is 0 Å². The Kier molecular flexibility index (Phi) is 2.37. The maximum absolute atomic E-state index is 5.97. The minimum absolute atomic E-state index is 0.534. The first-order valence-corrected chi connectivity index (χ1v) is 5.67. The van der Waals surface area contributed by atoms with E-state index in [-0.39, 0.29) is 0 Å². The Hall–Kier alpha value is -0.0800. The molecule has 1 spiro atoms. The number of nitrogens with two attached hydrogens (primary N) is 1. The third-order valence-corrected chi connectivity index (χ3v) is 4.26. The molecule has 1 aliphatic carbocycles. The van der Waals surface area contributed by atoms with Crippen molar-refractivity contribution in [2.75, 3.05) is 13.1 Å². The Morgan fingerprint density at radius 3 is 2.38 bits per heavy atom. The highest BCUT2D eigenvalue weighted by atomic mass is 15.2. The lowest BCUT2D eigenvalue weighted by atomic mass is 9.92. The van der Waals surface area contributed by atoms with Crippen molar-refractivity contribution in [3.05, 3.63) is 0 Å². The van der Waals surface area contributed by atoms with Crippen LogP contribution in [-0.4, -0.2) is 30.1 Å². The molecule has 1 saturated heterocycles. The number of piperidine rings is 1. The molecule has 0 aromatic rings. The van der Waals surface area contributed by atoms with Crippen molar-refractivity contribution in [1.82, 2.24) is 4.90 Å². The lowest BCUT2D eigenvalue weighted by Gasteiger charge is -2.36. The normalized spacial score (nSPS) is 34.8. The molecular weight excluding hydrogens is 160 g/mol. The number of hydrogen-bond acceptors (Lipinski definition) is 2. The van der Waals surface area contributed by atoms with Crippen LogP contribution < -0.4 is 5.73 Å². The summed E-state index contributed by atoms with van der Waals surface area (Å²) < 4.78 is 0. The second-order valence-electron chi connectivity index (χ2n) is 4.97. The van der Waals surface area contributed by atoms with Gasteiger partial charge in [-0.1, -0.05) is 6.92 Å². The van der Waals surface area contributed by atoms with E-state index in [0.29, 0.717) is 11.5 Å². The van der Waals surface area contributed by atoms with Crippen LogP contribution in [0.5, 0.6) is 0 Å². The summed E-state index contributed by atoms with van der Waals surface area (Å²) in [5.74, 6) is 0. The average molecular weight is 182 g/mol. The molecule has 2 rings (SSSR count). The van der Waals surface area contributed by atoms with Crippen molar-refractivity contribution in [2.24, 2.45) is 11.1 Å². The summed E-state index contributed by atoms with van der Waals surface area (Å²) in [6, 6.07) is 1.30. The number of hydrogen-bond donors (Lipinski definition) is 1. The summed E-state index contributed by atoms with van der Waals surface area (Å²) in [7, 11) is 0. The van der Waals surface area contributed by atoms with Crippen molar-refractivity contribution in [3.63, 3.8) is 0 Å². The Bertz CT molecular complexity index is 183. The fourth-order valence-electron chi connectivity index (χ4n) is 2.62. The molecule has 1 unspecified atom stereocenters. The van der Waals surface area contributed by atoms with E-state index in [1.54, 1.807) is 0 Å². The van der Waals surface area contributed by atoms with E-state index >= 15 is 0 Å². The average Bonchev–Trinajstić information content (AvgIpc) is 2.76. The van der Waals surface area contributed by atoms with Gasteiger partial charge in [-0.25, -0.2) is 0 Å². The van der Waals surface area contributed by atoms with Crippen molar-refractivity contribution in [1.29, 1.82) is 0 Å². The van der Waals surface area contributed by atoms with Gasteiger partial charge in [-0.15, -0.1) is 0 Å². The molecule has 2 fully saturated rings. The summed E-state index contributed by atoms with van der Waals surface area (Å²) in [6.07, 6.45) is 5.26. The quantitative estimate of drug-likeness (QED) is 0.703. The summed E-state index contributed by atoms with van der Waals surface area (Å²) >= 11 is 0. The SMILES string of the molecule is CCC(C)N1CCC2(CC1)C[C@H]2N. The van der Waals surface area contributed by atoms with Crippen LogP contribution in [0.2, 0.25) is 0 Å². The molecule has 2 N–H and O–H groups in total. The minimum atomic E-state index is 0.534. The molecular formula is C11H22N2. The molecule has 76 valence electrons. The van der Waals surface area contributed by atoms with Gasteiger partial charge in [0.05, 0.1) is 0 Å². The first-order chi connectivity index (χ1) is 6.18. The van der Waals surface area contributed by atoms with Crippen LogP contribution in [0.25, 0.3) is 0 Å². The summed E-state index contributed by atoms with van der Waals surface area (Å²) in [5, 5.41) is 0. The monoisotopic (exact) mass is 182 g/mol. The van der Waals surface area contributed by atoms with E-state index in [2.05, 4.69) is 18.7 Å². The van der Waals surface area contributed by atoms with Gasteiger partial charge in [0.15, 0.2) is 0 Å². The van der Waals surface area contributed by atoms with Gasteiger partial charge in [-0.3, -0.25) is 0 Å². The van der Waals surface area contributed by atoms with Crippen LogP contribution in [0.1, 0.15) is 39.5 Å². The van der Waals surface area contributed by atoms with Crippen molar-refractivity contribution in [2.45, 2.75) is 51.6 Å². The topological polar surface area (TPSA) is 29.3 Å². The molecule has 0 amide bonds. The Morgan fingerprint density at radius 2 is 2.00 bits per heavy atom. The van der Waals surface area contributed by atoms with Crippen molar-refractivity contribution < 1.29 is 0 Å².